The standard InChI is InChI=1S/C23H47NO2/c1-21(2)11-7-4-3-5-10-16-24(18-20-26)17-14-23(15-19-25)22-12-8-6-9-13-22/h21-23,25-26H,3-20H2,1-2H3. The SMILES string of the molecule is CC(C)CCCCCCCN(CCO)CCC(CCO)C1CCCCC1. The predicted octanol–water partition coefficient (Wildman–Crippen LogP) is 5.25. The second-order valence-electron chi connectivity index (χ2n) is 8.97. The van der Waals surface area contributed by atoms with Crippen LogP contribution < -0.4 is 0 Å². The summed E-state index contributed by atoms with van der Waals surface area (Å²) in [4.78, 5) is 2.46. The van der Waals surface area contributed by atoms with E-state index in [1.54, 1.807) is 0 Å². The monoisotopic (exact) mass is 369 g/mol. The maximum atomic E-state index is 9.46. The zero-order valence-corrected chi connectivity index (χ0v) is 17.8. The van der Waals surface area contributed by atoms with Crippen molar-refractivity contribution >= 4 is 0 Å². The Morgan fingerprint density at radius 3 is 2.08 bits per heavy atom. The molecule has 0 radical (unpaired) electrons. The van der Waals surface area contributed by atoms with Crippen molar-refractivity contribution in [2.24, 2.45) is 17.8 Å². The summed E-state index contributed by atoms with van der Waals surface area (Å²) in [5.41, 5.74) is 0. The van der Waals surface area contributed by atoms with Gasteiger partial charge in [-0.2, -0.15) is 0 Å². The molecule has 156 valence electrons. The van der Waals surface area contributed by atoms with Crippen molar-refractivity contribution in [3.8, 4) is 0 Å². The fraction of sp³-hybridized carbons (Fsp3) is 1.00. The zero-order chi connectivity index (χ0) is 19.0. The first-order valence-electron chi connectivity index (χ1n) is 11.6. The molecule has 0 amide bonds. The Kier molecular flexibility index (Phi) is 14.6. The van der Waals surface area contributed by atoms with Gasteiger partial charge in [-0.3, -0.25) is 0 Å². The minimum Gasteiger partial charge on any atom is -0.396 e. The third kappa shape index (κ3) is 11.6. The van der Waals surface area contributed by atoms with Gasteiger partial charge in [-0.25, -0.2) is 0 Å². The number of aliphatic hydroxyl groups excluding tert-OH is 2. The molecular formula is C23H47NO2. The van der Waals surface area contributed by atoms with Crippen LogP contribution in [0.3, 0.4) is 0 Å². The molecule has 0 spiro atoms. The summed E-state index contributed by atoms with van der Waals surface area (Å²) in [6.45, 7) is 8.24. The highest BCUT2D eigenvalue weighted by Crippen LogP contribution is 2.33. The number of nitrogens with zero attached hydrogens (tertiary/aromatic N) is 1. The Morgan fingerprint density at radius 1 is 0.731 bits per heavy atom. The molecule has 1 unspecified atom stereocenters. The number of rotatable bonds is 16. The van der Waals surface area contributed by atoms with Crippen molar-refractivity contribution in [2.45, 2.75) is 97.3 Å². The molecule has 1 saturated carbocycles. The van der Waals surface area contributed by atoms with Crippen molar-refractivity contribution in [3.63, 3.8) is 0 Å². The highest BCUT2D eigenvalue weighted by atomic mass is 16.3. The average molecular weight is 370 g/mol. The van der Waals surface area contributed by atoms with Gasteiger partial charge >= 0.3 is 0 Å². The summed E-state index contributed by atoms with van der Waals surface area (Å²) in [6, 6.07) is 0. The van der Waals surface area contributed by atoms with Crippen LogP contribution in [0.1, 0.15) is 97.3 Å². The molecular weight excluding hydrogens is 322 g/mol. The lowest BCUT2D eigenvalue weighted by Gasteiger charge is -2.32. The van der Waals surface area contributed by atoms with E-state index in [-0.39, 0.29) is 6.61 Å². The van der Waals surface area contributed by atoms with Crippen molar-refractivity contribution < 1.29 is 10.2 Å². The van der Waals surface area contributed by atoms with Crippen molar-refractivity contribution in [1.82, 2.24) is 4.90 Å². The summed E-state index contributed by atoms with van der Waals surface area (Å²) < 4.78 is 0. The minimum absolute atomic E-state index is 0.266. The fourth-order valence-corrected chi connectivity index (χ4v) is 4.63. The van der Waals surface area contributed by atoms with Gasteiger partial charge in [0.15, 0.2) is 0 Å². The van der Waals surface area contributed by atoms with E-state index >= 15 is 0 Å². The van der Waals surface area contributed by atoms with Gasteiger partial charge in [0.05, 0.1) is 6.61 Å². The Hall–Kier alpha value is -0.120. The van der Waals surface area contributed by atoms with Crippen molar-refractivity contribution in [1.29, 1.82) is 0 Å². The number of aliphatic hydroxyl groups is 2. The lowest BCUT2D eigenvalue weighted by molar-refractivity contribution is 0.144. The molecule has 0 aromatic heterocycles. The molecule has 1 aliphatic rings. The van der Waals surface area contributed by atoms with Gasteiger partial charge in [0, 0.05) is 13.2 Å². The zero-order valence-electron chi connectivity index (χ0n) is 17.8. The fourth-order valence-electron chi connectivity index (χ4n) is 4.63. The lowest BCUT2D eigenvalue weighted by Crippen LogP contribution is -2.32. The second kappa shape index (κ2) is 15.9. The summed E-state index contributed by atoms with van der Waals surface area (Å²) >= 11 is 0. The van der Waals surface area contributed by atoms with Crippen LogP contribution in [0.5, 0.6) is 0 Å². The van der Waals surface area contributed by atoms with Gasteiger partial charge in [-0.15, -0.1) is 0 Å². The minimum atomic E-state index is 0.266. The molecule has 0 heterocycles. The molecule has 1 aliphatic carbocycles. The maximum Gasteiger partial charge on any atom is 0.0558 e. The summed E-state index contributed by atoms with van der Waals surface area (Å²) in [5.74, 6) is 2.34. The highest BCUT2D eigenvalue weighted by molar-refractivity contribution is 4.75. The molecule has 26 heavy (non-hydrogen) atoms. The first-order chi connectivity index (χ1) is 12.7. The van der Waals surface area contributed by atoms with E-state index in [2.05, 4.69) is 18.7 Å². The third-order valence-corrected chi connectivity index (χ3v) is 6.30. The van der Waals surface area contributed by atoms with Gasteiger partial charge in [0.1, 0.15) is 0 Å². The normalized spacial score (nSPS) is 17.3. The predicted molar refractivity (Wildman–Crippen MR) is 112 cm³/mol. The van der Waals surface area contributed by atoms with Crippen LogP contribution in [-0.4, -0.2) is 48.0 Å². The summed E-state index contributed by atoms with van der Waals surface area (Å²) in [6.07, 6.45) is 17.1. The number of hydrogen-bond acceptors (Lipinski definition) is 3. The van der Waals surface area contributed by atoms with Crippen LogP contribution in [-0.2, 0) is 0 Å². The van der Waals surface area contributed by atoms with E-state index in [0.29, 0.717) is 12.5 Å². The van der Waals surface area contributed by atoms with Crippen molar-refractivity contribution in [3.05, 3.63) is 0 Å². The molecule has 0 aromatic rings. The van der Waals surface area contributed by atoms with Gasteiger partial charge in [0.2, 0.25) is 0 Å². The Bertz CT molecular complexity index is 303. The smallest absolute Gasteiger partial charge is 0.0558 e. The van der Waals surface area contributed by atoms with E-state index in [1.165, 1.54) is 77.0 Å². The maximum absolute atomic E-state index is 9.46. The lowest BCUT2D eigenvalue weighted by atomic mass is 9.77. The quantitative estimate of drug-likeness (QED) is 0.365. The molecule has 0 aromatic carbocycles. The van der Waals surface area contributed by atoms with Crippen molar-refractivity contribution in [2.75, 3.05) is 32.8 Å². The number of hydrogen-bond donors (Lipinski definition) is 2. The molecule has 0 bridgehead atoms. The first kappa shape index (κ1) is 23.9. The molecule has 0 saturated heterocycles. The van der Waals surface area contributed by atoms with E-state index in [4.69, 9.17) is 0 Å². The average Bonchev–Trinajstić information content (AvgIpc) is 2.64. The molecule has 1 atom stereocenters. The molecule has 3 heteroatoms. The Morgan fingerprint density at radius 2 is 1.42 bits per heavy atom. The van der Waals surface area contributed by atoms with Gasteiger partial charge in [0.25, 0.3) is 0 Å². The molecule has 3 nitrogen and oxygen atoms in total. The highest BCUT2D eigenvalue weighted by Gasteiger charge is 2.23. The summed E-state index contributed by atoms with van der Waals surface area (Å²) in [7, 11) is 0. The van der Waals surface area contributed by atoms with Crippen LogP contribution in [0.25, 0.3) is 0 Å². The topological polar surface area (TPSA) is 43.7 Å². The van der Waals surface area contributed by atoms with Crippen LogP contribution in [0, 0.1) is 17.8 Å². The third-order valence-electron chi connectivity index (χ3n) is 6.30. The first-order valence-corrected chi connectivity index (χ1v) is 11.6. The van der Waals surface area contributed by atoms with Crippen LogP contribution in [0.4, 0.5) is 0 Å². The van der Waals surface area contributed by atoms with E-state index < -0.39 is 0 Å². The molecule has 0 aliphatic heterocycles. The molecule has 2 N–H and O–H groups in total. The van der Waals surface area contributed by atoms with Crippen LogP contribution in [0.15, 0.2) is 0 Å². The van der Waals surface area contributed by atoms with Crippen LogP contribution >= 0.6 is 0 Å². The van der Waals surface area contributed by atoms with E-state index in [0.717, 1.165) is 37.9 Å². The number of unbranched alkanes of at least 4 members (excludes halogenated alkanes) is 4. The van der Waals surface area contributed by atoms with Gasteiger partial charge < -0.3 is 15.1 Å². The largest absolute Gasteiger partial charge is 0.396 e. The van der Waals surface area contributed by atoms with E-state index in [9.17, 15) is 10.2 Å². The van der Waals surface area contributed by atoms with Gasteiger partial charge in [-0.05, 0) is 50.1 Å². The van der Waals surface area contributed by atoms with Gasteiger partial charge in [-0.1, -0.05) is 78.1 Å². The Labute approximate surface area is 163 Å². The second-order valence-corrected chi connectivity index (χ2v) is 8.97. The van der Waals surface area contributed by atoms with E-state index in [1.807, 2.05) is 0 Å². The summed E-state index contributed by atoms with van der Waals surface area (Å²) in [5, 5.41) is 18.9. The molecule has 1 fully saturated rings. The Balaban J connectivity index is 2.22. The molecule has 1 rings (SSSR count). The van der Waals surface area contributed by atoms with Crippen LogP contribution in [0.2, 0.25) is 0 Å².